The van der Waals surface area contributed by atoms with Crippen molar-refractivity contribution in [3.8, 4) is 0 Å². The molecule has 2 fully saturated rings. The molecule has 2 aliphatic carbocycles. The van der Waals surface area contributed by atoms with E-state index in [0.717, 1.165) is 0 Å². The Morgan fingerprint density at radius 3 is 2.60 bits per heavy atom. The van der Waals surface area contributed by atoms with E-state index in [1.165, 1.54) is 0 Å². The molecule has 2 aliphatic rings. The number of hydrogen-bond donors (Lipinski definition) is 4. The Labute approximate surface area is 86.4 Å². The van der Waals surface area contributed by atoms with E-state index in [4.69, 9.17) is 10.8 Å². The fraction of sp³-hybridized carbons (Fsp3) is 0.667. The van der Waals surface area contributed by atoms with Crippen LogP contribution in [0.3, 0.4) is 0 Å². The first-order chi connectivity index (χ1) is 7.01. The number of hydrogen-bond acceptors (Lipinski definition) is 4. The maximum atomic E-state index is 11.2. The molecule has 0 aromatic heterocycles. The molecule has 0 bridgehead atoms. The van der Waals surface area contributed by atoms with E-state index in [0.29, 0.717) is 0 Å². The number of aliphatic carboxylic acids is 1. The number of nitrogens with two attached hydrogens (primary N) is 1. The molecule has 15 heavy (non-hydrogen) atoms. The molecule has 6 heteroatoms. The molecule has 0 unspecified atom stereocenters. The largest absolute Gasteiger partial charge is 0.479 e. The predicted octanol–water partition coefficient (Wildman–Crippen LogP) is -1.90. The van der Waals surface area contributed by atoms with Gasteiger partial charge in [-0.25, -0.2) is 4.79 Å². The molecule has 0 aromatic rings. The number of amides is 1. The molecule has 4 atom stereocenters. The van der Waals surface area contributed by atoms with Crippen molar-refractivity contribution in [2.24, 2.45) is 17.6 Å². The van der Waals surface area contributed by atoms with Crippen LogP contribution >= 0.6 is 0 Å². The van der Waals surface area contributed by atoms with Crippen LogP contribution in [-0.4, -0.2) is 40.3 Å². The summed E-state index contributed by atoms with van der Waals surface area (Å²) < 4.78 is 0. The lowest BCUT2D eigenvalue weighted by Crippen LogP contribution is -2.57. The van der Waals surface area contributed by atoms with Crippen LogP contribution in [0, 0.1) is 18.3 Å². The zero-order valence-electron chi connectivity index (χ0n) is 8.01. The van der Waals surface area contributed by atoms with Crippen molar-refractivity contribution < 1.29 is 19.8 Å². The normalized spacial score (nSPS) is 42.1. The van der Waals surface area contributed by atoms with Crippen LogP contribution in [-0.2, 0) is 9.59 Å². The van der Waals surface area contributed by atoms with Crippen LogP contribution in [0.2, 0.25) is 0 Å². The van der Waals surface area contributed by atoms with Gasteiger partial charge in [0.2, 0.25) is 5.91 Å². The molecule has 0 spiro atoms. The van der Waals surface area contributed by atoms with E-state index >= 15 is 0 Å². The van der Waals surface area contributed by atoms with Gasteiger partial charge in [0, 0.05) is 12.3 Å². The third kappa shape index (κ3) is 1.40. The Morgan fingerprint density at radius 2 is 2.27 bits per heavy atom. The average molecular weight is 213 g/mol. The molecular weight excluding hydrogens is 200 g/mol. The Kier molecular flexibility index (Phi) is 2.20. The smallest absolute Gasteiger partial charge is 0.329 e. The molecule has 1 radical (unpaired) electrons. The number of aliphatic hydroxyl groups excluding tert-OH is 1. The molecule has 0 heterocycles. The van der Waals surface area contributed by atoms with Crippen LogP contribution in [0.15, 0.2) is 0 Å². The summed E-state index contributed by atoms with van der Waals surface area (Å²) in [7, 11) is 0. The summed E-state index contributed by atoms with van der Waals surface area (Å²) in [6.07, 6.45) is 1.13. The summed E-state index contributed by atoms with van der Waals surface area (Å²) in [5, 5.41) is 21.1. The lowest BCUT2D eigenvalue weighted by molar-refractivity contribution is -0.148. The van der Waals surface area contributed by atoms with Gasteiger partial charge in [-0.1, -0.05) is 0 Å². The predicted molar refractivity (Wildman–Crippen MR) is 49.5 cm³/mol. The van der Waals surface area contributed by atoms with E-state index < -0.39 is 23.5 Å². The maximum Gasteiger partial charge on any atom is 0.329 e. The first kappa shape index (κ1) is 10.4. The van der Waals surface area contributed by atoms with Crippen molar-refractivity contribution in [2.75, 3.05) is 6.54 Å². The van der Waals surface area contributed by atoms with E-state index in [-0.39, 0.29) is 24.8 Å². The molecule has 5 N–H and O–H groups in total. The van der Waals surface area contributed by atoms with Gasteiger partial charge in [-0.3, -0.25) is 4.79 Å². The molecule has 1 amide bonds. The van der Waals surface area contributed by atoms with Crippen LogP contribution in [0.1, 0.15) is 6.42 Å². The van der Waals surface area contributed by atoms with E-state index in [1.54, 1.807) is 6.42 Å². The summed E-state index contributed by atoms with van der Waals surface area (Å²) in [5.74, 6) is -1.98. The lowest BCUT2D eigenvalue weighted by Gasteiger charge is -2.27. The molecule has 83 valence electrons. The van der Waals surface area contributed by atoms with Crippen molar-refractivity contribution in [1.82, 2.24) is 5.32 Å². The van der Waals surface area contributed by atoms with Gasteiger partial charge in [0.15, 0.2) is 0 Å². The minimum Gasteiger partial charge on any atom is -0.479 e. The van der Waals surface area contributed by atoms with Gasteiger partial charge in [0.1, 0.15) is 5.54 Å². The van der Waals surface area contributed by atoms with Crippen molar-refractivity contribution >= 4 is 11.9 Å². The SMILES string of the molecule is NCC(=O)N[C@@]1(C(=O)O)C[C@H](O)[C@H]2[CH][C@H]21. The van der Waals surface area contributed by atoms with E-state index in [1.807, 2.05) is 0 Å². The highest BCUT2D eigenvalue weighted by Crippen LogP contribution is 2.56. The molecule has 2 saturated carbocycles. The standard InChI is InChI=1S/C9H13N2O4/c10-3-7(13)11-9(8(14)15)2-6(12)4-1-5(4)9/h1,4-6,12H,2-3,10H2,(H,11,13)(H,14,15)/t4-,5+,6-,9-/m0/s1. The number of carboxylic acid groups (broad SMARTS) is 1. The Hall–Kier alpha value is -1.14. The quantitative estimate of drug-likeness (QED) is 0.437. The summed E-state index contributed by atoms with van der Waals surface area (Å²) in [4.78, 5) is 22.3. The molecular formula is C9H13N2O4. The first-order valence-electron chi connectivity index (χ1n) is 4.79. The monoisotopic (exact) mass is 213 g/mol. The number of rotatable bonds is 3. The average Bonchev–Trinajstić information content (AvgIpc) is 2.91. The van der Waals surface area contributed by atoms with Crippen LogP contribution in [0.25, 0.3) is 0 Å². The molecule has 6 nitrogen and oxygen atoms in total. The third-order valence-corrected chi connectivity index (χ3v) is 3.18. The minimum absolute atomic E-state index is 0.0555. The molecule has 0 saturated heterocycles. The summed E-state index contributed by atoms with van der Waals surface area (Å²) in [6.45, 7) is -0.248. The zero-order valence-corrected chi connectivity index (χ0v) is 8.01. The molecule has 0 aliphatic heterocycles. The lowest BCUT2D eigenvalue weighted by atomic mass is 9.92. The highest BCUT2D eigenvalue weighted by atomic mass is 16.4. The minimum atomic E-state index is -1.35. The van der Waals surface area contributed by atoms with Gasteiger partial charge in [-0.15, -0.1) is 0 Å². The number of aliphatic hydroxyl groups is 1. The maximum absolute atomic E-state index is 11.2. The first-order valence-corrected chi connectivity index (χ1v) is 4.79. The molecule has 0 aromatic carbocycles. The molecule has 2 rings (SSSR count). The van der Waals surface area contributed by atoms with E-state index in [9.17, 15) is 14.7 Å². The second-order valence-corrected chi connectivity index (χ2v) is 4.10. The number of fused-ring (bicyclic) bond motifs is 1. The fourth-order valence-electron chi connectivity index (χ4n) is 2.36. The van der Waals surface area contributed by atoms with Crippen LogP contribution in [0.5, 0.6) is 0 Å². The van der Waals surface area contributed by atoms with Crippen LogP contribution < -0.4 is 11.1 Å². The van der Waals surface area contributed by atoms with Gasteiger partial charge in [0.25, 0.3) is 0 Å². The summed E-state index contributed by atoms with van der Waals surface area (Å²) >= 11 is 0. The second-order valence-electron chi connectivity index (χ2n) is 4.10. The van der Waals surface area contributed by atoms with E-state index in [2.05, 4.69) is 5.32 Å². The fourth-order valence-corrected chi connectivity index (χ4v) is 2.36. The van der Waals surface area contributed by atoms with Gasteiger partial charge < -0.3 is 21.3 Å². The Balaban J connectivity index is 2.19. The number of nitrogens with one attached hydrogen (secondary N) is 1. The zero-order chi connectivity index (χ0) is 11.2. The highest BCUT2D eigenvalue weighted by molar-refractivity contribution is 5.89. The highest BCUT2D eigenvalue weighted by Gasteiger charge is 2.67. The van der Waals surface area contributed by atoms with Gasteiger partial charge >= 0.3 is 5.97 Å². The van der Waals surface area contributed by atoms with Crippen molar-refractivity contribution in [3.05, 3.63) is 6.42 Å². The van der Waals surface area contributed by atoms with Gasteiger partial charge in [-0.05, 0) is 12.3 Å². The van der Waals surface area contributed by atoms with Crippen molar-refractivity contribution in [1.29, 1.82) is 0 Å². The Morgan fingerprint density at radius 1 is 1.60 bits per heavy atom. The summed E-state index contributed by atoms with van der Waals surface area (Å²) in [5.41, 5.74) is 3.78. The van der Waals surface area contributed by atoms with Gasteiger partial charge in [0.05, 0.1) is 12.6 Å². The second kappa shape index (κ2) is 3.18. The van der Waals surface area contributed by atoms with Crippen LogP contribution in [0.4, 0.5) is 0 Å². The Bertz CT molecular complexity index is 319. The van der Waals surface area contributed by atoms with Crippen molar-refractivity contribution in [3.63, 3.8) is 0 Å². The topological polar surface area (TPSA) is 113 Å². The van der Waals surface area contributed by atoms with Crippen molar-refractivity contribution in [2.45, 2.75) is 18.1 Å². The number of carbonyl (C=O) groups is 2. The number of carbonyl (C=O) groups excluding carboxylic acids is 1. The van der Waals surface area contributed by atoms with Gasteiger partial charge in [-0.2, -0.15) is 0 Å². The number of carboxylic acids is 1. The third-order valence-electron chi connectivity index (χ3n) is 3.18. The summed E-state index contributed by atoms with van der Waals surface area (Å²) in [6, 6.07) is 0.